The highest BCUT2D eigenvalue weighted by molar-refractivity contribution is 7.80. The second kappa shape index (κ2) is 5.76. The molecule has 0 radical (unpaired) electrons. The summed E-state index contributed by atoms with van der Waals surface area (Å²) in [4.78, 5) is 0.959. The lowest BCUT2D eigenvalue weighted by Crippen LogP contribution is -2.27. The van der Waals surface area contributed by atoms with Crippen molar-refractivity contribution in [3.63, 3.8) is 0 Å². The van der Waals surface area contributed by atoms with E-state index in [1.165, 1.54) is 5.56 Å². The standard InChI is InChI=1S/C12H17NS/c1-10(2)12(14)13-9-8-11-6-4-3-5-7-11/h3-7,10H,8-9H2,1-2H3,(H,13,14). The van der Waals surface area contributed by atoms with Crippen molar-refractivity contribution < 1.29 is 0 Å². The second-order valence-electron chi connectivity index (χ2n) is 3.68. The summed E-state index contributed by atoms with van der Waals surface area (Å²) < 4.78 is 0. The van der Waals surface area contributed by atoms with Gasteiger partial charge in [-0.3, -0.25) is 0 Å². The molecular formula is C12H17NS. The summed E-state index contributed by atoms with van der Waals surface area (Å²) >= 11 is 5.18. The van der Waals surface area contributed by atoms with Gasteiger partial charge in [-0.05, 0) is 12.0 Å². The molecule has 0 atom stereocenters. The Morgan fingerprint density at radius 3 is 2.50 bits per heavy atom. The number of hydrogen-bond donors (Lipinski definition) is 1. The first-order valence-corrected chi connectivity index (χ1v) is 5.42. The third kappa shape index (κ3) is 3.88. The lowest BCUT2D eigenvalue weighted by atomic mass is 10.1. The molecule has 0 aliphatic carbocycles. The molecule has 0 spiro atoms. The molecule has 0 amide bonds. The predicted octanol–water partition coefficient (Wildman–Crippen LogP) is 2.80. The van der Waals surface area contributed by atoms with Gasteiger partial charge < -0.3 is 5.32 Å². The summed E-state index contributed by atoms with van der Waals surface area (Å²) in [6.07, 6.45) is 1.04. The molecule has 1 aromatic carbocycles. The van der Waals surface area contributed by atoms with E-state index in [9.17, 15) is 0 Å². The monoisotopic (exact) mass is 207 g/mol. The van der Waals surface area contributed by atoms with Crippen molar-refractivity contribution in [2.75, 3.05) is 6.54 Å². The van der Waals surface area contributed by atoms with Crippen molar-refractivity contribution in [1.29, 1.82) is 0 Å². The van der Waals surface area contributed by atoms with Crippen LogP contribution in [-0.4, -0.2) is 11.5 Å². The Morgan fingerprint density at radius 1 is 1.29 bits per heavy atom. The van der Waals surface area contributed by atoms with Gasteiger partial charge in [-0.25, -0.2) is 0 Å². The number of nitrogens with one attached hydrogen (secondary N) is 1. The summed E-state index contributed by atoms with van der Waals surface area (Å²) in [6.45, 7) is 5.15. The minimum atomic E-state index is 0.445. The molecule has 1 nitrogen and oxygen atoms in total. The Balaban J connectivity index is 2.26. The Kier molecular flexibility index (Phi) is 4.60. The second-order valence-corrected chi connectivity index (χ2v) is 4.12. The van der Waals surface area contributed by atoms with Gasteiger partial charge in [0, 0.05) is 12.5 Å². The molecule has 0 aliphatic rings. The van der Waals surface area contributed by atoms with Crippen LogP contribution in [0.3, 0.4) is 0 Å². The number of thiocarbonyl (C=S) groups is 1. The molecule has 1 rings (SSSR count). The van der Waals surface area contributed by atoms with Gasteiger partial charge in [0.1, 0.15) is 0 Å². The largest absolute Gasteiger partial charge is 0.379 e. The molecule has 2 heteroatoms. The van der Waals surface area contributed by atoms with Crippen LogP contribution < -0.4 is 5.32 Å². The number of benzene rings is 1. The van der Waals surface area contributed by atoms with Crippen LogP contribution in [0.15, 0.2) is 30.3 Å². The number of rotatable bonds is 4. The van der Waals surface area contributed by atoms with Crippen molar-refractivity contribution in [1.82, 2.24) is 5.32 Å². The normalized spacial score (nSPS) is 10.2. The molecule has 1 N–H and O–H groups in total. The van der Waals surface area contributed by atoms with E-state index in [2.05, 4.69) is 43.4 Å². The molecule has 0 bridgehead atoms. The summed E-state index contributed by atoms with van der Waals surface area (Å²) in [6, 6.07) is 10.4. The summed E-state index contributed by atoms with van der Waals surface area (Å²) in [5.41, 5.74) is 1.35. The molecule has 0 fully saturated rings. The van der Waals surface area contributed by atoms with Gasteiger partial charge in [-0.15, -0.1) is 0 Å². The van der Waals surface area contributed by atoms with Gasteiger partial charge in [-0.1, -0.05) is 56.4 Å². The zero-order valence-corrected chi connectivity index (χ0v) is 9.60. The van der Waals surface area contributed by atoms with Gasteiger partial charge in [0.25, 0.3) is 0 Å². The summed E-state index contributed by atoms with van der Waals surface area (Å²) in [5, 5.41) is 3.26. The van der Waals surface area contributed by atoms with E-state index in [0.717, 1.165) is 18.0 Å². The highest BCUT2D eigenvalue weighted by atomic mass is 32.1. The van der Waals surface area contributed by atoms with Gasteiger partial charge >= 0.3 is 0 Å². The van der Waals surface area contributed by atoms with Crippen LogP contribution in [0.5, 0.6) is 0 Å². The van der Waals surface area contributed by atoms with Crippen molar-refractivity contribution in [2.45, 2.75) is 20.3 Å². The number of hydrogen-bond acceptors (Lipinski definition) is 1. The molecule has 0 saturated heterocycles. The van der Waals surface area contributed by atoms with Crippen LogP contribution in [0.1, 0.15) is 19.4 Å². The average Bonchev–Trinajstić information content (AvgIpc) is 2.19. The fourth-order valence-corrected chi connectivity index (χ4v) is 1.28. The SMILES string of the molecule is CC(C)C(=S)NCCc1ccccc1. The Hall–Kier alpha value is -0.890. The minimum Gasteiger partial charge on any atom is -0.379 e. The third-order valence-corrected chi connectivity index (χ3v) is 2.70. The Morgan fingerprint density at radius 2 is 1.93 bits per heavy atom. The van der Waals surface area contributed by atoms with Crippen LogP contribution in [0, 0.1) is 5.92 Å². The van der Waals surface area contributed by atoms with Crippen LogP contribution in [-0.2, 0) is 6.42 Å². The smallest absolute Gasteiger partial charge is 0.0779 e. The zero-order valence-electron chi connectivity index (χ0n) is 8.79. The molecule has 0 saturated carbocycles. The topological polar surface area (TPSA) is 12.0 Å². The third-order valence-electron chi connectivity index (χ3n) is 2.08. The van der Waals surface area contributed by atoms with E-state index in [4.69, 9.17) is 12.2 Å². The maximum atomic E-state index is 5.18. The molecular weight excluding hydrogens is 190 g/mol. The van der Waals surface area contributed by atoms with Gasteiger partial charge in [-0.2, -0.15) is 0 Å². The summed E-state index contributed by atoms with van der Waals surface area (Å²) in [5.74, 6) is 0.445. The minimum absolute atomic E-state index is 0.445. The molecule has 0 heterocycles. The molecule has 0 aliphatic heterocycles. The van der Waals surface area contributed by atoms with Gasteiger partial charge in [0.05, 0.1) is 4.99 Å². The van der Waals surface area contributed by atoms with E-state index in [1.807, 2.05) is 6.07 Å². The highest BCUT2D eigenvalue weighted by Gasteiger charge is 2.00. The van der Waals surface area contributed by atoms with Gasteiger partial charge in [0.2, 0.25) is 0 Å². The van der Waals surface area contributed by atoms with Crippen molar-refractivity contribution >= 4 is 17.2 Å². The van der Waals surface area contributed by atoms with Crippen LogP contribution in [0.4, 0.5) is 0 Å². The van der Waals surface area contributed by atoms with E-state index in [-0.39, 0.29) is 0 Å². The first kappa shape index (κ1) is 11.2. The van der Waals surface area contributed by atoms with Crippen LogP contribution in [0.2, 0.25) is 0 Å². The molecule has 76 valence electrons. The van der Waals surface area contributed by atoms with E-state index < -0.39 is 0 Å². The first-order chi connectivity index (χ1) is 6.70. The van der Waals surface area contributed by atoms with E-state index >= 15 is 0 Å². The molecule has 14 heavy (non-hydrogen) atoms. The highest BCUT2D eigenvalue weighted by Crippen LogP contribution is 1.99. The lowest BCUT2D eigenvalue weighted by Gasteiger charge is -2.10. The molecule has 0 unspecified atom stereocenters. The first-order valence-electron chi connectivity index (χ1n) is 5.02. The molecule has 0 aromatic heterocycles. The fourth-order valence-electron chi connectivity index (χ4n) is 1.18. The van der Waals surface area contributed by atoms with Crippen LogP contribution >= 0.6 is 12.2 Å². The van der Waals surface area contributed by atoms with E-state index in [1.54, 1.807) is 0 Å². The van der Waals surface area contributed by atoms with Gasteiger partial charge in [0.15, 0.2) is 0 Å². The van der Waals surface area contributed by atoms with E-state index in [0.29, 0.717) is 5.92 Å². The van der Waals surface area contributed by atoms with Crippen molar-refractivity contribution in [3.05, 3.63) is 35.9 Å². The zero-order chi connectivity index (χ0) is 10.4. The Bertz CT molecular complexity index is 280. The van der Waals surface area contributed by atoms with Crippen molar-refractivity contribution in [2.24, 2.45) is 5.92 Å². The predicted molar refractivity (Wildman–Crippen MR) is 65.6 cm³/mol. The summed E-state index contributed by atoms with van der Waals surface area (Å²) in [7, 11) is 0. The maximum Gasteiger partial charge on any atom is 0.0779 e. The van der Waals surface area contributed by atoms with Crippen molar-refractivity contribution in [3.8, 4) is 0 Å². The van der Waals surface area contributed by atoms with Crippen LogP contribution in [0.25, 0.3) is 0 Å². The maximum absolute atomic E-state index is 5.18. The average molecular weight is 207 g/mol. The fraction of sp³-hybridized carbons (Fsp3) is 0.417. The lowest BCUT2D eigenvalue weighted by molar-refractivity contribution is 0.796. The Labute approximate surface area is 91.5 Å². The quantitative estimate of drug-likeness (QED) is 0.762. The molecule has 1 aromatic rings.